The van der Waals surface area contributed by atoms with Crippen LogP contribution in [0.1, 0.15) is 16.0 Å². The molecule has 0 amide bonds. The van der Waals surface area contributed by atoms with Crippen LogP contribution in [0.5, 0.6) is 0 Å². The lowest BCUT2D eigenvalue weighted by molar-refractivity contribution is 1.10. The molecule has 3 aromatic heterocycles. The van der Waals surface area contributed by atoms with Gasteiger partial charge in [-0.1, -0.05) is 0 Å². The van der Waals surface area contributed by atoms with E-state index in [2.05, 4.69) is 46.0 Å². The van der Waals surface area contributed by atoms with Crippen molar-refractivity contribution in [2.75, 3.05) is 11.1 Å². The number of anilines is 2. The van der Waals surface area contributed by atoms with Crippen molar-refractivity contribution in [1.29, 1.82) is 0 Å². The highest BCUT2D eigenvalue weighted by Crippen LogP contribution is 2.29. The summed E-state index contributed by atoms with van der Waals surface area (Å²) < 4.78 is 0. The van der Waals surface area contributed by atoms with Gasteiger partial charge in [0.25, 0.3) is 0 Å². The fourth-order valence-electron chi connectivity index (χ4n) is 1.94. The molecule has 0 aromatic carbocycles. The van der Waals surface area contributed by atoms with E-state index in [-0.39, 0.29) is 0 Å². The van der Waals surface area contributed by atoms with E-state index in [4.69, 9.17) is 5.73 Å². The third-order valence-electron chi connectivity index (χ3n) is 2.94. The Morgan fingerprint density at radius 1 is 1.26 bits per heavy atom. The van der Waals surface area contributed by atoms with E-state index in [9.17, 15) is 0 Å². The standard InChI is InChI=1S/C13H14N4S2/c1-7-5-18-6-9(7)4-15-11-10-3-8(2)19-12(10)17-13(14)16-11/h3,5-6H,4H2,1-2H3,(H3,14,15,16,17). The van der Waals surface area contributed by atoms with Crippen molar-refractivity contribution in [2.45, 2.75) is 20.4 Å². The van der Waals surface area contributed by atoms with Crippen LogP contribution in [-0.4, -0.2) is 9.97 Å². The average Bonchev–Trinajstić information content (AvgIpc) is 2.91. The van der Waals surface area contributed by atoms with Crippen molar-refractivity contribution in [3.63, 3.8) is 0 Å². The number of nitrogen functional groups attached to an aromatic ring is 1. The van der Waals surface area contributed by atoms with Crippen LogP contribution in [0.15, 0.2) is 16.8 Å². The summed E-state index contributed by atoms with van der Waals surface area (Å²) >= 11 is 3.35. The van der Waals surface area contributed by atoms with Crippen LogP contribution in [0.25, 0.3) is 10.2 Å². The molecule has 4 nitrogen and oxygen atoms in total. The summed E-state index contributed by atoms with van der Waals surface area (Å²) in [5.41, 5.74) is 8.36. The molecule has 0 saturated heterocycles. The Morgan fingerprint density at radius 3 is 2.84 bits per heavy atom. The van der Waals surface area contributed by atoms with Crippen LogP contribution < -0.4 is 11.1 Å². The van der Waals surface area contributed by atoms with Crippen molar-refractivity contribution in [3.05, 3.63) is 32.8 Å². The normalized spacial score (nSPS) is 11.1. The quantitative estimate of drug-likeness (QED) is 0.774. The Kier molecular flexibility index (Phi) is 3.12. The summed E-state index contributed by atoms with van der Waals surface area (Å²) in [7, 11) is 0. The van der Waals surface area contributed by atoms with Gasteiger partial charge in [0.1, 0.15) is 10.6 Å². The smallest absolute Gasteiger partial charge is 0.223 e. The lowest BCUT2D eigenvalue weighted by Gasteiger charge is -2.07. The minimum atomic E-state index is 0.318. The van der Waals surface area contributed by atoms with Gasteiger partial charge in [-0.05, 0) is 41.8 Å². The maximum absolute atomic E-state index is 5.76. The van der Waals surface area contributed by atoms with E-state index in [1.807, 2.05) is 0 Å². The van der Waals surface area contributed by atoms with Crippen molar-refractivity contribution in [1.82, 2.24) is 9.97 Å². The molecule has 0 aliphatic carbocycles. The third kappa shape index (κ3) is 2.41. The topological polar surface area (TPSA) is 63.8 Å². The van der Waals surface area contributed by atoms with Crippen LogP contribution >= 0.6 is 22.7 Å². The molecular weight excluding hydrogens is 276 g/mol. The summed E-state index contributed by atoms with van der Waals surface area (Å²) in [6.45, 7) is 4.94. The number of nitrogens with one attached hydrogen (secondary N) is 1. The SMILES string of the molecule is Cc1cc2c(NCc3cscc3C)nc(N)nc2s1. The van der Waals surface area contributed by atoms with Gasteiger partial charge in [-0.2, -0.15) is 16.3 Å². The molecule has 0 saturated carbocycles. The first-order valence-corrected chi connectivity index (χ1v) is 7.68. The molecule has 0 unspecified atom stereocenters. The van der Waals surface area contributed by atoms with Crippen molar-refractivity contribution in [3.8, 4) is 0 Å². The van der Waals surface area contributed by atoms with Crippen LogP contribution in [0, 0.1) is 13.8 Å². The Morgan fingerprint density at radius 2 is 2.11 bits per heavy atom. The van der Waals surface area contributed by atoms with Gasteiger partial charge in [-0.3, -0.25) is 0 Å². The van der Waals surface area contributed by atoms with E-state index in [0.717, 1.165) is 22.6 Å². The average molecular weight is 290 g/mol. The Labute approximate surface area is 119 Å². The molecule has 6 heteroatoms. The van der Waals surface area contributed by atoms with Gasteiger partial charge in [0.05, 0.1) is 5.39 Å². The molecule has 98 valence electrons. The highest BCUT2D eigenvalue weighted by molar-refractivity contribution is 7.18. The number of nitrogens with zero attached hydrogens (tertiary/aromatic N) is 2. The Balaban J connectivity index is 1.94. The molecule has 0 fully saturated rings. The first-order valence-electron chi connectivity index (χ1n) is 5.92. The van der Waals surface area contributed by atoms with Gasteiger partial charge in [-0.25, -0.2) is 4.98 Å². The summed E-state index contributed by atoms with van der Waals surface area (Å²) in [5.74, 6) is 1.14. The molecule has 0 radical (unpaired) electrons. The number of hydrogen-bond acceptors (Lipinski definition) is 6. The maximum atomic E-state index is 5.76. The van der Waals surface area contributed by atoms with Crippen molar-refractivity contribution >= 4 is 44.7 Å². The maximum Gasteiger partial charge on any atom is 0.223 e. The molecule has 0 bridgehead atoms. The van der Waals surface area contributed by atoms with E-state index in [1.165, 1.54) is 16.0 Å². The number of aryl methyl sites for hydroxylation is 2. The molecule has 0 atom stereocenters. The van der Waals surface area contributed by atoms with Crippen molar-refractivity contribution < 1.29 is 0 Å². The fourth-order valence-corrected chi connectivity index (χ4v) is 3.68. The van der Waals surface area contributed by atoms with E-state index >= 15 is 0 Å². The second-order valence-corrected chi connectivity index (χ2v) is 6.42. The number of aromatic nitrogens is 2. The van der Waals surface area contributed by atoms with Gasteiger partial charge in [-0.15, -0.1) is 11.3 Å². The lowest BCUT2D eigenvalue weighted by atomic mass is 10.2. The monoisotopic (exact) mass is 290 g/mol. The number of hydrogen-bond donors (Lipinski definition) is 2. The summed E-state index contributed by atoms with van der Waals surface area (Å²) in [4.78, 5) is 10.7. The molecule has 3 rings (SSSR count). The highest BCUT2D eigenvalue weighted by Gasteiger charge is 2.09. The van der Waals surface area contributed by atoms with E-state index in [0.29, 0.717) is 5.95 Å². The second kappa shape index (κ2) is 4.79. The third-order valence-corrected chi connectivity index (χ3v) is 4.80. The van der Waals surface area contributed by atoms with Crippen LogP contribution in [-0.2, 0) is 6.54 Å². The number of rotatable bonds is 3. The Hall–Kier alpha value is -1.66. The van der Waals surface area contributed by atoms with E-state index < -0.39 is 0 Å². The Bertz CT molecular complexity index is 729. The fraction of sp³-hybridized carbons (Fsp3) is 0.231. The van der Waals surface area contributed by atoms with Crippen molar-refractivity contribution in [2.24, 2.45) is 0 Å². The van der Waals surface area contributed by atoms with Gasteiger partial charge < -0.3 is 11.1 Å². The second-order valence-electron chi connectivity index (χ2n) is 4.44. The molecule has 19 heavy (non-hydrogen) atoms. The molecule has 3 heterocycles. The summed E-state index contributed by atoms with van der Waals surface area (Å²) in [6.07, 6.45) is 0. The largest absolute Gasteiger partial charge is 0.368 e. The minimum Gasteiger partial charge on any atom is -0.368 e. The van der Waals surface area contributed by atoms with Gasteiger partial charge in [0.15, 0.2) is 0 Å². The minimum absolute atomic E-state index is 0.318. The lowest BCUT2D eigenvalue weighted by Crippen LogP contribution is -2.04. The van der Waals surface area contributed by atoms with Gasteiger partial charge >= 0.3 is 0 Å². The number of nitrogens with two attached hydrogens (primary N) is 1. The van der Waals surface area contributed by atoms with Gasteiger partial charge in [0.2, 0.25) is 5.95 Å². The molecule has 3 aromatic rings. The molecule has 0 spiro atoms. The number of thiophene rings is 2. The number of fused-ring (bicyclic) bond motifs is 1. The summed E-state index contributed by atoms with van der Waals surface area (Å²) in [5, 5.41) is 8.72. The molecular formula is C13H14N4S2. The molecule has 3 N–H and O–H groups in total. The van der Waals surface area contributed by atoms with Crippen LogP contribution in [0.2, 0.25) is 0 Å². The predicted octanol–water partition coefficient (Wildman–Crippen LogP) is 3.56. The zero-order chi connectivity index (χ0) is 13.4. The predicted molar refractivity (Wildman–Crippen MR) is 82.9 cm³/mol. The molecule has 0 aliphatic rings. The highest BCUT2D eigenvalue weighted by atomic mass is 32.1. The summed E-state index contributed by atoms with van der Waals surface area (Å²) in [6, 6.07) is 2.10. The zero-order valence-electron chi connectivity index (χ0n) is 10.7. The molecule has 0 aliphatic heterocycles. The first-order chi connectivity index (χ1) is 9.13. The van der Waals surface area contributed by atoms with Crippen LogP contribution in [0.3, 0.4) is 0 Å². The first kappa shape index (κ1) is 12.4. The zero-order valence-corrected chi connectivity index (χ0v) is 12.4. The van der Waals surface area contributed by atoms with Crippen LogP contribution in [0.4, 0.5) is 11.8 Å². The van der Waals surface area contributed by atoms with E-state index in [1.54, 1.807) is 22.7 Å². The van der Waals surface area contributed by atoms with Gasteiger partial charge in [0, 0.05) is 11.4 Å².